The zero-order valence-electron chi connectivity index (χ0n) is 17.1. The number of carbonyl (C=O) groups excluding carboxylic acids is 1. The number of hydrogen-bond acceptors (Lipinski definition) is 6. The molecule has 7 nitrogen and oxygen atoms in total. The highest BCUT2D eigenvalue weighted by molar-refractivity contribution is 5.79. The van der Waals surface area contributed by atoms with Crippen LogP contribution in [0.15, 0.2) is 24.3 Å². The summed E-state index contributed by atoms with van der Waals surface area (Å²) >= 11 is 0. The van der Waals surface area contributed by atoms with E-state index in [0.717, 1.165) is 67.3 Å². The monoisotopic (exact) mass is 396 g/mol. The van der Waals surface area contributed by atoms with Gasteiger partial charge in [0.2, 0.25) is 5.91 Å². The number of ether oxygens (including phenoxy) is 2. The number of fused-ring (bicyclic) bond motifs is 1. The van der Waals surface area contributed by atoms with Crippen molar-refractivity contribution in [1.29, 1.82) is 0 Å². The summed E-state index contributed by atoms with van der Waals surface area (Å²) in [6, 6.07) is 7.82. The fourth-order valence-electron chi connectivity index (χ4n) is 4.17. The zero-order chi connectivity index (χ0) is 20.2. The van der Waals surface area contributed by atoms with Crippen LogP contribution in [0.1, 0.15) is 36.1 Å². The zero-order valence-corrected chi connectivity index (χ0v) is 17.1. The van der Waals surface area contributed by atoms with Crippen LogP contribution in [0.3, 0.4) is 0 Å². The number of nitrogens with one attached hydrogen (secondary N) is 1. The first-order chi connectivity index (χ1) is 14.2. The fourth-order valence-corrected chi connectivity index (χ4v) is 4.17. The summed E-state index contributed by atoms with van der Waals surface area (Å²) in [6.07, 6.45) is 4.97. The molecule has 2 aromatic rings. The lowest BCUT2D eigenvalue weighted by Gasteiger charge is -2.32. The third-order valence-corrected chi connectivity index (χ3v) is 5.94. The molecule has 0 radical (unpaired) electrons. The van der Waals surface area contributed by atoms with Crippen molar-refractivity contribution in [3.8, 4) is 11.5 Å². The average molecular weight is 396 g/mol. The lowest BCUT2D eigenvalue weighted by Crippen LogP contribution is -2.40. The summed E-state index contributed by atoms with van der Waals surface area (Å²) in [4.78, 5) is 14.9. The first-order valence-corrected chi connectivity index (χ1v) is 10.3. The van der Waals surface area contributed by atoms with Gasteiger partial charge in [0, 0.05) is 37.2 Å². The highest BCUT2D eigenvalue weighted by atomic mass is 16.5. The third kappa shape index (κ3) is 4.28. The van der Waals surface area contributed by atoms with E-state index in [1.807, 2.05) is 18.2 Å². The number of hydrogen-bond donors (Lipinski definition) is 1. The van der Waals surface area contributed by atoms with Crippen molar-refractivity contribution in [2.45, 2.75) is 38.6 Å². The van der Waals surface area contributed by atoms with Crippen molar-refractivity contribution in [2.75, 3.05) is 32.2 Å². The largest absolute Gasteiger partial charge is 0.497 e. The van der Waals surface area contributed by atoms with Crippen LogP contribution in [-0.4, -0.2) is 43.4 Å². The minimum absolute atomic E-state index is 0.0258. The topological polar surface area (TPSA) is 76.6 Å². The molecule has 1 aliphatic heterocycles. The normalized spacial score (nSPS) is 16.4. The highest BCUT2D eigenvalue weighted by Crippen LogP contribution is 2.27. The number of benzene rings is 1. The van der Waals surface area contributed by atoms with Crippen molar-refractivity contribution in [2.24, 2.45) is 5.92 Å². The van der Waals surface area contributed by atoms with E-state index in [9.17, 15) is 4.79 Å². The number of aromatic nitrogens is 2. The first-order valence-electron chi connectivity index (χ1n) is 10.3. The third-order valence-electron chi connectivity index (χ3n) is 5.94. The molecule has 0 atom stereocenters. The molecular formula is C22H28N4O3. The molecule has 1 saturated heterocycles. The summed E-state index contributed by atoms with van der Waals surface area (Å²) in [5.74, 6) is 2.53. The number of amides is 1. The second-order valence-corrected chi connectivity index (χ2v) is 7.68. The molecule has 1 aromatic carbocycles. The number of aryl methyl sites for hydroxylation is 2. The van der Waals surface area contributed by atoms with Crippen LogP contribution in [-0.2, 0) is 24.2 Å². The molecule has 7 heteroatoms. The van der Waals surface area contributed by atoms with Crippen molar-refractivity contribution in [3.05, 3.63) is 41.1 Å². The summed E-state index contributed by atoms with van der Waals surface area (Å²) in [5, 5.41) is 11.9. The molecule has 2 aliphatic rings. The smallest absolute Gasteiger partial charge is 0.223 e. The van der Waals surface area contributed by atoms with Gasteiger partial charge in [-0.25, -0.2) is 0 Å². The molecule has 154 valence electrons. The second kappa shape index (κ2) is 8.68. The van der Waals surface area contributed by atoms with Gasteiger partial charge in [-0.1, -0.05) is 0 Å². The lowest BCUT2D eigenvalue weighted by atomic mass is 9.95. The van der Waals surface area contributed by atoms with Crippen LogP contribution in [0.4, 0.5) is 5.82 Å². The van der Waals surface area contributed by atoms with E-state index in [1.54, 1.807) is 14.2 Å². The summed E-state index contributed by atoms with van der Waals surface area (Å²) < 4.78 is 10.6. The number of rotatable bonds is 6. The van der Waals surface area contributed by atoms with Gasteiger partial charge in [0.05, 0.1) is 19.9 Å². The molecule has 0 saturated carbocycles. The summed E-state index contributed by atoms with van der Waals surface area (Å²) in [6.45, 7) is 2.11. The minimum Gasteiger partial charge on any atom is -0.497 e. The Labute approximate surface area is 171 Å². The van der Waals surface area contributed by atoms with Gasteiger partial charge >= 0.3 is 0 Å². The molecule has 0 unspecified atom stereocenters. The molecule has 4 rings (SSSR count). The molecule has 0 bridgehead atoms. The number of methoxy groups -OCH3 is 2. The number of anilines is 1. The van der Waals surface area contributed by atoms with Crippen molar-refractivity contribution in [3.63, 3.8) is 0 Å². The van der Waals surface area contributed by atoms with Gasteiger partial charge in [-0.2, -0.15) is 5.10 Å². The van der Waals surface area contributed by atoms with E-state index in [2.05, 4.69) is 26.5 Å². The Balaban J connectivity index is 1.30. The van der Waals surface area contributed by atoms with Gasteiger partial charge in [-0.15, -0.1) is 5.10 Å². The van der Waals surface area contributed by atoms with Crippen LogP contribution >= 0.6 is 0 Å². The standard InChI is InChI=1S/C22H28N4O3/c1-28-18-7-6-17(20(13-18)29-2)14-23-22(27)15-8-10-26(11-9-15)21-12-16-4-3-5-19(16)24-25-21/h6-7,12-13,15H,3-5,8-11,14H2,1-2H3,(H,23,27). The van der Waals surface area contributed by atoms with Crippen LogP contribution in [0.2, 0.25) is 0 Å². The van der Waals surface area contributed by atoms with E-state index in [0.29, 0.717) is 6.54 Å². The van der Waals surface area contributed by atoms with Gasteiger partial charge in [0.1, 0.15) is 11.5 Å². The van der Waals surface area contributed by atoms with Crippen LogP contribution in [0.25, 0.3) is 0 Å². The lowest BCUT2D eigenvalue weighted by molar-refractivity contribution is -0.125. The predicted octanol–water partition coefficient (Wildman–Crippen LogP) is 2.52. The average Bonchev–Trinajstić information content (AvgIpc) is 3.25. The van der Waals surface area contributed by atoms with Crippen molar-refractivity contribution in [1.82, 2.24) is 15.5 Å². The molecular weight excluding hydrogens is 368 g/mol. The maximum Gasteiger partial charge on any atom is 0.223 e. The minimum atomic E-state index is 0.0258. The number of nitrogens with zero attached hydrogens (tertiary/aromatic N) is 3. The first kappa shape index (κ1) is 19.5. The van der Waals surface area contributed by atoms with E-state index >= 15 is 0 Å². The molecule has 1 fully saturated rings. The van der Waals surface area contributed by atoms with E-state index < -0.39 is 0 Å². The Morgan fingerprint density at radius 1 is 1.14 bits per heavy atom. The number of piperidine rings is 1. The van der Waals surface area contributed by atoms with E-state index in [1.165, 1.54) is 12.0 Å². The van der Waals surface area contributed by atoms with Gasteiger partial charge < -0.3 is 19.7 Å². The summed E-state index contributed by atoms with van der Waals surface area (Å²) in [5.41, 5.74) is 3.42. The van der Waals surface area contributed by atoms with Crippen LogP contribution in [0.5, 0.6) is 11.5 Å². The maximum absolute atomic E-state index is 12.7. The van der Waals surface area contributed by atoms with Crippen molar-refractivity contribution >= 4 is 11.7 Å². The molecule has 1 amide bonds. The number of carbonyl (C=O) groups is 1. The molecule has 2 heterocycles. The van der Waals surface area contributed by atoms with Gasteiger partial charge in [-0.05, 0) is 55.9 Å². The van der Waals surface area contributed by atoms with Crippen LogP contribution < -0.4 is 19.7 Å². The molecule has 0 spiro atoms. The molecule has 29 heavy (non-hydrogen) atoms. The molecule has 1 aromatic heterocycles. The van der Waals surface area contributed by atoms with Gasteiger partial charge in [-0.3, -0.25) is 4.79 Å². The molecule has 1 aliphatic carbocycles. The highest BCUT2D eigenvalue weighted by Gasteiger charge is 2.26. The van der Waals surface area contributed by atoms with Crippen molar-refractivity contribution < 1.29 is 14.3 Å². The molecule has 1 N–H and O–H groups in total. The van der Waals surface area contributed by atoms with Crippen LogP contribution in [0, 0.1) is 5.92 Å². The Morgan fingerprint density at radius 3 is 2.72 bits per heavy atom. The Kier molecular flexibility index (Phi) is 5.83. The van der Waals surface area contributed by atoms with E-state index in [4.69, 9.17) is 9.47 Å². The predicted molar refractivity (Wildman–Crippen MR) is 110 cm³/mol. The Hall–Kier alpha value is -2.83. The van der Waals surface area contributed by atoms with E-state index in [-0.39, 0.29) is 11.8 Å². The SMILES string of the molecule is COc1ccc(CNC(=O)C2CCN(c3cc4c(nn3)CCC4)CC2)c(OC)c1. The fraction of sp³-hybridized carbons (Fsp3) is 0.500. The quantitative estimate of drug-likeness (QED) is 0.809. The summed E-state index contributed by atoms with van der Waals surface area (Å²) in [7, 11) is 3.24. The Morgan fingerprint density at radius 2 is 1.97 bits per heavy atom. The second-order valence-electron chi connectivity index (χ2n) is 7.68. The van der Waals surface area contributed by atoms with Gasteiger partial charge in [0.25, 0.3) is 0 Å². The van der Waals surface area contributed by atoms with Gasteiger partial charge in [0.15, 0.2) is 5.82 Å². The Bertz CT molecular complexity index is 878. The maximum atomic E-state index is 12.7.